The first kappa shape index (κ1) is 11.9. The molecule has 1 saturated carbocycles. The first-order valence-electron chi connectivity index (χ1n) is 6.13. The fourth-order valence-electron chi connectivity index (χ4n) is 2.16. The third-order valence-electron chi connectivity index (χ3n) is 2.94. The van der Waals surface area contributed by atoms with Gasteiger partial charge in [0.15, 0.2) is 0 Å². The molecule has 1 fully saturated rings. The van der Waals surface area contributed by atoms with Gasteiger partial charge in [0.1, 0.15) is 0 Å². The van der Waals surface area contributed by atoms with E-state index in [4.69, 9.17) is 4.74 Å². The zero-order valence-corrected chi connectivity index (χ0v) is 10.0. The van der Waals surface area contributed by atoms with Crippen molar-refractivity contribution in [2.75, 3.05) is 11.9 Å². The van der Waals surface area contributed by atoms with E-state index in [-0.39, 0.29) is 11.9 Å². The lowest BCUT2D eigenvalue weighted by atomic mass is 10.0. The molecule has 17 heavy (non-hydrogen) atoms. The summed E-state index contributed by atoms with van der Waals surface area (Å²) >= 11 is 0. The second-order valence-electron chi connectivity index (χ2n) is 4.30. The van der Waals surface area contributed by atoms with Gasteiger partial charge in [-0.15, -0.1) is 5.10 Å². The van der Waals surface area contributed by atoms with Crippen LogP contribution in [0.25, 0.3) is 0 Å². The Morgan fingerprint density at radius 3 is 3.00 bits per heavy atom. The van der Waals surface area contributed by atoms with Crippen LogP contribution in [0.2, 0.25) is 0 Å². The minimum Gasteiger partial charge on any atom is -0.463 e. The summed E-state index contributed by atoms with van der Waals surface area (Å²) in [5.41, 5.74) is 0. The van der Waals surface area contributed by atoms with Crippen LogP contribution in [0.5, 0.6) is 6.01 Å². The number of hydrogen-bond acceptors (Lipinski definition) is 4. The first-order chi connectivity index (χ1) is 8.28. The molecule has 6 nitrogen and oxygen atoms in total. The second-order valence-corrected chi connectivity index (χ2v) is 4.30. The number of anilines is 1. The molecule has 1 amide bonds. The average molecular weight is 238 g/mol. The summed E-state index contributed by atoms with van der Waals surface area (Å²) < 4.78 is 5.10. The van der Waals surface area contributed by atoms with E-state index in [1.54, 1.807) is 0 Å². The molecule has 94 valence electrons. The van der Waals surface area contributed by atoms with E-state index < -0.39 is 0 Å². The Labute approximate surface area is 100 Å². The molecule has 2 rings (SSSR count). The smallest absolute Gasteiger partial charge is 0.337 e. The van der Waals surface area contributed by atoms with Crippen LogP contribution in [0.15, 0.2) is 0 Å². The number of carbonyl (C=O) groups is 1. The van der Waals surface area contributed by atoms with Crippen molar-refractivity contribution in [2.45, 2.75) is 39.0 Å². The number of rotatable bonds is 5. The van der Waals surface area contributed by atoms with Crippen molar-refractivity contribution in [1.82, 2.24) is 15.2 Å². The molecule has 1 aromatic rings. The minimum absolute atomic E-state index is 0.00361. The van der Waals surface area contributed by atoms with Gasteiger partial charge in [-0.25, -0.2) is 5.10 Å². The number of aromatic amines is 1. The number of ether oxygens (including phenoxy) is 1. The Morgan fingerprint density at radius 1 is 1.53 bits per heavy atom. The molecule has 1 aliphatic carbocycles. The van der Waals surface area contributed by atoms with E-state index in [2.05, 4.69) is 20.5 Å². The Balaban J connectivity index is 1.80. The van der Waals surface area contributed by atoms with E-state index >= 15 is 0 Å². The van der Waals surface area contributed by atoms with Crippen LogP contribution >= 0.6 is 0 Å². The maximum absolute atomic E-state index is 11.7. The van der Waals surface area contributed by atoms with E-state index in [1.165, 1.54) is 12.8 Å². The maximum atomic E-state index is 11.7. The van der Waals surface area contributed by atoms with Crippen LogP contribution in [0, 0.1) is 5.92 Å². The number of nitrogens with one attached hydrogen (secondary N) is 2. The minimum atomic E-state index is -0.00361. The zero-order valence-electron chi connectivity index (χ0n) is 10.0. The highest BCUT2D eigenvalue weighted by molar-refractivity contribution is 5.89. The monoisotopic (exact) mass is 238 g/mol. The van der Waals surface area contributed by atoms with Crippen LogP contribution in [0.4, 0.5) is 5.95 Å². The summed E-state index contributed by atoms with van der Waals surface area (Å²) in [5.74, 6) is 0.886. The number of nitrogens with zero attached hydrogens (tertiary/aromatic N) is 2. The van der Waals surface area contributed by atoms with Gasteiger partial charge in [-0.1, -0.05) is 12.8 Å². The molecule has 0 aliphatic heterocycles. The molecular weight excluding hydrogens is 220 g/mol. The predicted octanol–water partition coefficient (Wildman–Crippen LogP) is 1.72. The molecule has 0 atom stereocenters. The second kappa shape index (κ2) is 5.65. The quantitative estimate of drug-likeness (QED) is 0.818. The fraction of sp³-hybridized carbons (Fsp3) is 0.727. The Morgan fingerprint density at radius 2 is 2.29 bits per heavy atom. The number of hydrogen-bond donors (Lipinski definition) is 2. The van der Waals surface area contributed by atoms with Gasteiger partial charge in [-0.3, -0.25) is 10.1 Å². The van der Waals surface area contributed by atoms with Crippen LogP contribution in [0.3, 0.4) is 0 Å². The van der Waals surface area contributed by atoms with Gasteiger partial charge in [-0.05, 0) is 25.7 Å². The van der Waals surface area contributed by atoms with Crippen molar-refractivity contribution < 1.29 is 9.53 Å². The van der Waals surface area contributed by atoms with Gasteiger partial charge >= 0.3 is 6.01 Å². The number of amides is 1. The van der Waals surface area contributed by atoms with Crippen molar-refractivity contribution in [1.29, 1.82) is 0 Å². The van der Waals surface area contributed by atoms with Crippen molar-refractivity contribution >= 4 is 11.9 Å². The van der Waals surface area contributed by atoms with Crippen LogP contribution in [-0.2, 0) is 4.79 Å². The zero-order chi connectivity index (χ0) is 12.1. The average Bonchev–Trinajstić information content (AvgIpc) is 2.91. The van der Waals surface area contributed by atoms with Crippen LogP contribution in [0.1, 0.15) is 39.0 Å². The van der Waals surface area contributed by atoms with E-state index in [1.807, 2.05) is 6.92 Å². The van der Waals surface area contributed by atoms with Gasteiger partial charge in [0.25, 0.3) is 0 Å². The molecule has 1 aromatic heterocycles. The van der Waals surface area contributed by atoms with Gasteiger partial charge in [-0.2, -0.15) is 4.98 Å². The lowest BCUT2D eigenvalue weighted by Crippen LogP contribution is -2.16. The molecule has 0 unspecified atom stereocenters. The summed E-state index contributed by atoms with van der Waals surface area (Å²) in [7, 11) is 0. The Hall–Kier alpha value is -1.59. The van der Waals surface area contributed by atoms with Gasteiger partial charge in [0.05, 0.1) is 6.61 Å². The summed E-state index contributed by atoms with van der Waals surface area (Å²) in [5, 5.41) is 9.15. The largest absolute Gasteiger partial charge is 0.463 e. The highest BCUT2D eigenvalue weighted by Crippen LogP contribution is 2.27. The summed E-state index contributed by atoms with van der Waals surface area (Å²) in [6, 6.07) is 0.267. The Kier molecular flexibility index (Phi) is 3.95. The molecule has 0 radical (unpaired) electrons. The van der Waals surface area contributed by atoms with Crippen molar-refractivity contribution in [2.24, 2.45) is 5.92 Å². The number of aromatic nitrogens is 3. The summed E-state index contributed by atoms with van der Waals surface area (Å²) in [6.07, 6.45) is 5.39. The molecule has 1 aliphatic rings. The highest BCUT2D eigenvalue weighted by Gasteiger charge is 2.19. The maximum Gasteiger partial charge on any atom is 0.337 e. The predicted molar refractivity (Wildman–Crippen MR) is 62.8 cm³/mol. The van der Waals surface area contributed by atoms with E-state index in [9.17, 15) is 4.79 Å². The number of H-pyrrole nitrogens is 1. The Bertz CT molecular complexity index is 371. The van der Waals surface area contributed by atoms with Gasteiger partial charge in [0.2, 0.25) is 11.9 Å². The van der Waals surface area contributed by atoms with Crippen molar-refractivity contribution in [3.8, 4) is 6.01 Å². The molecule has 6 heteroatoms. The first-order valence-corrected chi connectivity index (χ1v) is 6.13. The number of carbonyl (C=O) groups excluding carboxylic acids is 1. The van der Waals surface area contributed by atoms with Gasteiger partial charge < -0.3 is 4.74 Å². The molecular formula is C11H18N4O2. The topological polar surface area (TPSA) is 79.9 Å². The molecule has 1 heterocycles. The third kappa shape index (κ3) is 3.44. The highest BCUT2D eigenvalue weighted by atomic mass is 16.5. The van der Waals surface area contributed by atoms with Crippen LogP contribution in [-0.4, -0.2) is 27.7 Å². The molecule has 0 bridgehead atoms. The standard InChI is InChI=1S/C11H18N4O2/c1-2-17-11-13-10(14-15-11)12-9(16)7-8-5-3-4-6-8/h8H,2-7H2,1H3,(H2,12,13,14,15,16). The normalized spacial score (nSPS) is 16.1. The van der Waals surface area contributed by atoms with Gasteiger partial charge in [0, 0.05) is 6.42 Å². The van der Waals surface area contributed by atoms with Crippen molar-refractivity contribution in [3.63, 3.8) is 0 Å². The van der Waals surface area contributed by atoms with Crippen molar-refractivity contribution in [3.05, 3.63) is 0 Å². The molecule has 2 N–H and O–H groups in total. The molecule has 0 aromatic carbocycles. The lowest BCUT2D eigenvalue weighted by Gasteiger charge is -2.07. The summed E-state index contributed by atoms with van der Waals surface area (Å²) in [4.78, 5) is 15.7. The third-order valence-corrected chi connectivity index (χ3v) is 2.94. The van der Waals surface area contributed by atoms with Crippen LogP contribution < -0.4 is 10.1 Å². The molecule has 0 spiro atoms. The summed E-state index contributed by atoms with van der Waals surface area (Å²) in [6.45, 7) is 2.36. The van der Waals surface area contributed by atoms with E-state index in [0.29, 0.717) is 24.9 Å². The molecule has 0 saturated heterocycles. The fourth-order valence-corrected chi connectivity index (χ4v) is 2.16. The lowest BCUT2D eigenvalue weighted by molar-refractivity contribution is -0.117. The van der Waals surface area contributed by atoms with E-state index in [0.717, 1.165) is 12.8 Å². The SMILES string of the molecule is CCOc1n[nH]c(NC(=O)CC2CCCC2)n1.